The van der Waals surface area contributed by atoms with Gasteiger partial charge in [-0.1, -0.05) is 30.3 Å². The molecule has 12 nitrogen and oxygen atoms in total. The number of benzene rings is 1. The van der Waals surface area contributed by atoms with Crippen LogP contribution in [0.2, 0.25) is 0 Å². The van der Waals surface area contributed by atoms with Crippen LogP contribution in [0.3, 0.4) is 0 Å². The van der Waals surface area contributed by atoms with Gasteiger partial charge in [0.2, 0.25) is 18.3 Å². The molecule has 5 atom stereocenters. The quantitative estimate of drug-likeness (QED) is 0.382. The standard InChI is InChI=1S/C25H30N2O10/c1-13-19(11-18-9-7-6-8-10-18)24(27-26-13)37-25-23(35-17(5)31)22(34-16(4)30)21(33-15(3)29)20(36-25)12-32-14(2)28/h6-10,20-23,25H,11-12H2,1-5H3,(H,26,27)/t20-,21-,22+,23-,25+/m1/s1. The minimum absolute atomic E-state index is 0.169. The fourth-order valence-corrected chi connectivity index (χ4v) is 3.93. The largest absolute Gasteiger partial charge is 0.463 e. The Labute approximate surface area is 213 Å². The molecule has 0 aliphatic carbocycles. The maximum absolute atomic E-state index is 12.0. The van der Waals surface area contributed by atoms with Crippen molar-refractivity contribution in [3.05, 3.63) is 47.2 Å². The minimum atomic E-state index is -1.36. The van der Waals surface area contributed by atoms with Gasteiger partial charge >= 0.3 is 23.9 Å². The molecule has 3 rings (SSSR count). The summed E-state index contributed by atoms with van der Waals surface area (Å²) in [6.45, 7) is 6.13. The Morgan fingerprint density at radius 2 is 1.46 bits per heavy atom. The molecule has 12 heteroatoms. The number of nitrogens with one attached hydrogen (secondary N) is 1. The van der Waals surface area contributed by atoms with Crippen LogP contribution in [0.5, 0.6) is 5.88 Å². The molecule has 37 heavy (non-hydrogen) atoms. The first-order valence-corrected chi connectivity index (χ1v) is 11.6. The molecule has 1 fully saturated rings. The lowest BCUT2D eigenvalue weighted by atomic mass is 9.98. The summed E-state index contributed by atoms with van der Waals surface area (Å²) in [7, 11) is 0. The van der Waals surface area contributed by atoms with E-state index in [0.717, 1.165) is 37.6 Å². The van der Waals surface area contributed by atoms with Crippen LogP contribution in [0, 0.1) is 6.92 Å². The summed E-state index contributed by atoms with van der Waals surface area (Å²) in [5, 5.41) is 7.10. The number of aryl methyl sites for hydroxylation is 1. The lowest BCUT2D eigenvalue weighted by Crippen LogP contribution is -2.63. The first-order valence-electron chi connectivity index (χ1n) is 11.6. The van der Waals surface area contributed by atoms with Crippen LogP contribution >= 0.6 is 0 Å². The Hall–Kier alpha value is -3.93. The number of carbonyl (C=O) groups excluding carboxylic acids is 4. The van der Waals surface area contributed by atoms with E-state index >= 15 is 0 Å². The Morgan fingerprint density at radius 1 is 0.865 bits per heavy atom. The zero-order chi connectivity index (χ0) is 27.1. The third-order valence-electron chi connectivity index (χ3n) is 5.44. The predicted molar refractivity (Wildman–Crippen MR) is 125 cm³/mol. The van der Waals surface area contributed by atoms with Crippen LogP contribution < -0.4 is 4.74 Å². The molecule has 1 aromatic carbocycles. The molecule has 1 aliphatic heterocycles. The second kappa shape index (κ2) is 12.3. The number of ether oxygens (including phenoxy) is 6. The highest BCUT2D eigenvalue weighted by Crippen LogP contribution is 2.32. The van der Waals surface area contributed by atoms with Crippen LogP contribution in [0.25, 0.3) is 0 Å². The number of aromatic nitrogens is 2. The summed E-state index contributed by atoms with van der Waals surface area (Å²) >= 11 is 0. The van der Waals surface area contributed by atoms with Gasteiger partial charge in [0.15, 0.2) is 12.2 Å². The van der Waals surface area contributed by atoms with Crippen LogP contribution in [0.4, 0.5) is 0 Å². The third kappa shape index (κ3) is 7.53. The van der Waals surface area contributed by atoms with Gasteiger partial charge in [-0.25, -0.2) is 0 Å². The number of rotatable bonds is 9. The molecule has 0 bridgehead atoms. The van der Waals surface area contributed by atoms with Gasteiger partial charge in [0.05, 0.1) is 0 Å². The van der Waals surface area contributed by atoms with Crippen molar-refractivity contribution in [2.24, 2.45) is 0 Å². The van der Waals surface area contributed by atoms with E-state index in [1.54, 1.807) is 0 Å². The van der Waals surface area contributed by atoms with E-state index in [0.29, 0.717) is 6.42 Å². The summed E-state index contributed by atoms with van der Waals surface area (Å²) in [6, 6.07) is 9.62. The van der Waals surface area contributed by atoms with Gasteiger partial charge in [-0.05, 0) is 12.5 Å². The number of H-pyrrole nitrogens is 1. The number of carbonyl (C=O) groups is 4. The number of hydrogen-bond acceptors (Lipinski definition) is 11. The summed E-state index contributed by atoms with van der Waals surface area (Å²) in [4.78, 5) is 47.4. The van der Waals surface area contributed by atoms with E-state index in [1.807, 2.05) is 37.3 Å². The zero-order valence-corrected chi connectivity index (χ0v) is 21.2. The smallest absolute Gasteiger partial charge is 0.303 e. The molecule has 0 unspecified atom stereocenters. The molecule has 1 aromatic heterocycles. The number of aromatic amines is 1. The van der Waals surface area contributed by atoms with E-state index in [2.05, 4.69) is 10.2 Å². The summed E-state index contributed by atoms with van der Waals surface area (Å²) < 4.78 is 33.4. The third-order valence-corrected chi connectivity index (χ3v) is 5.44. The lowest BCUT2D eigenvalue weighted by molar-refractivity contribution is -0.289. The number of esters is 4. The van der Waals surface area contributed by atoms with Crippen molar-refractivity contribution in [2.75, 3.05) is 6.61 Å². The highest BCUT2D eigenvalue weighted by molar-refractivity contribution is 5.68. The van der Waals surface area contributed by atoms with Gasteiger partial charge in [-0.15, -0.1) is 5.10 Å². The molecule has 1 N–H and O–H groups in total. The maximum atomic E-state index is 12.0. The molecule has 0 saturated carbocycles. The molecular formula is C25H30N2O10. The van der Waals surface area contributed by atoms with Crippen molar-refractivity contribution in [1.82, 2.24) is 10.2 Å². The molecule has 2 aromatic rings. The van der Waals surface area contributed by atoms with Crippen molar-refractivity contribution < 1.29 is 47.6 Å². The minimum Gasteiger partial charge on any atom is -0.463 e. The van der Waals surface area contributed by atoms with Gasteiger partial charge in [0.25, 0.3) is 0 Å². The van der Waals surface area contributed by atoms with Gasteiger partial charge in [-0.3, -0.25) is 24.3 Å². The first-order chi connectivity index (χ1) is 17.5. The Kier molecular flexibility index (Phi) is 9.23. The van der Waals surface area contributed by atoms with E-state index in [4.69, 9.17) is 28.4 Å². The van der Waals surface area contributed by atoms with Gasteiger partial charge in [0.1, 0.15) is 12.7 Å². The zero-order valence-electron chi connectivity index (χ0n) is 21.2. The maximum Gasteiger partial charge on any atom is 0.303 e. The summed E-state index contributed by atoms with van der Waals surface area (Å²) in [5.41, 5.74) is 2.46. The molecule has 1 aliphatic rings. The first kappa shape index (κ1) is 27.7. The van der Waals surface area contributed by atoms with E-state index < -0.39 is 54.6 Å². The van der Waals surface area contributed by atoms with Gasteiger partial charge in [-0.2, -0.15) is 0 Å². The normalized spacial score (nSPS) is 23.0. The number of nitrogens with zero attached hydrogens (tertiary/aromatic N) is 1. The monoisotopic (exact) mass is 518 g/mol. The van der Waals surface area contributed by atoms with Crippen molar-refractivity contribution in [1.29, 1.82) is 0 Å². The SMILES string of the molecule is CC(=O)OC[C@H]1O[C@@H](Oc2n[nH]c(C)c2Cc2ccccc2)[C@H](OC(C)=O)[C@@H](OC(C)=O)[C@@H]1OC(C)=O. The van der Waals surface area contributed by atoms with Crippen molar-refractivity contribution in [3.8, 4) is 5.88 Å². The average Bonchev–Trinajstić information content (AvgIpc) is 3.15. The van der Waals surface area contributed by atoms with Crippen molar-refractivity contribution in [3.63, 3.8) is 0 Å². The van der Waals surface area contributed by atoms with Gasteiger partial charge < -0.3 is 28.4 Å². The van der Waals surface area contributed by atoms with Crippen LogP contribution in [-0.2, 0) is 49.3 Å². The molecule has 0 amide bonds. The van der Waals surface area contributed by atoms with Crippen molar-refractivity contribution in [2.45, 2.75) is 71.7 Å². The fraction of sp³-hybridized carbons (Fsp3) is 0.480. The topological polar surface area (TPSA) is 152 Å². The molecular weight excluding hydrogens is 488 g/mol. The Balaban J connectivity index is 1.99. The Morgan fingerprint density at radius 3 is 2.05 bits per heavy atom. The van der Waals surface area contributed by atoms with E-state index in [-0.39, 0.29) is 12.5 Å². The van der Waals surface area contributed by atoms with E-state index in [9.17, 15) is 19.2 Å². The number of hydrogen-bond donors (Lipinski definition) is 1. The second-order valence-corrected chi connectivity index (χ2v) is 8.48. The van der Waals surface area contributed by atoms with Crippen LogP contribution in [0.1, 0.15) is 44.5 Å². The Bertz CT molecular complexity index is 1120. The van der Waals surface area contributed by atoms with E-state index in [1.165, 1.54) is 6.92 Å². The average molecular weight is 519 g/mol. The summed E-state index contributed by atoms with van der Waals surface area (Å²) in [6.07, 6.45) is -5.95. The van der Waals surface area contributed by atoms with Crippen LogP contribution in [0.15, 0.2) is 30.3 Å². The van der Waals surface area contributed by atoms with Crippen molar-refractivity contribution >= 4 is 23.9 Å². The highest BCUT2D eigenvalue weighted by atomic mass is 16.7. The van der Waals surface area contributed by atoms with Crippen LogP contribution in [-0.4, -0.2) is 71.4 Å². The second-order valence-electron chi connectivity index (χ2n) is 8.48. The van der Waals surface area contributed by atoms with Gasteiger partial charge in [0, 0.05) is 45.4 Å². The molecule has 2 heterocycles. The molecule has 200 valence electrons. The summed E-state index contributed by atoms with van der Waals surface area (Å²) in [5.74, 6) is -2.61. The highest BCUT2D eigenvalue weighted by Gasteiger charge is 2.53. The fourth-order valence-electron chi connectivity index (χ4n) is 3.93. The predicted octanol–water partition coefficient (Wildman–Crippen LogP) is 1.77. The lowest BCUT2D eigenvalue weighted by Gasteiger charge is -2.43. The molecule has 0 radical (unpaired) electrons. The molecule has 1 saturated heterocycles. The molecule has 0 spiro atoms.